The third-order valence-electron chi connectivity index (χ3n) is 2.08. The van der Waals surface area contributed by atoms with Gasteiger partial charge in [-0.25, -0.2) is 8.42 Å². The fourth-order valence-electron chi connectivity index (χ4n) is 1.47. The molecular weight excluding hydrogens is 214 g/mol. The smallest absolute Gasteiger partial charge is 0.157 e. The molecule has 2 N–H and O–H groups in total. The Hall–Kier alpha value is -0.880. The largest absolute Gasteiger partial charge is 0.329 e. The molecule has 0 bridgehead atoms. The maximum atomic E-state index is 11.6. The van der Waals surface area contributed by atoms with Gasteiger partial charge in [-0.2, -0.15) is 5.10 Å². The van der Waals surface area contributed by atoms with E-state index in [1.807, 2.05) is 13.8 Å². The van der Waals surface area contributed by atoms with Crippen molar-refractivity contribution in [2.45, 2.75) is 26.1 Å². The second kappa shape index (κ2) is 4.76. The van der Waals surface area contributed by atoms with E-state index >= 15 is 0 Å². The van der Waals surface area contributed by atoms with Gasteiger partial charge in [0.1, 0.15) is 0 Å². The predicted molar refractivity (Wildman–Crippen MR) is 59.2 cm³/mol. The summed E-state index contributed by atoms with van der Waals surface area (Å²) in [4.78, 5) is 0. The number of hydrogen-bond acceptors (Lipinski definition) is 4. The maximum Gasteiger partial charge on any atom is 0.157 e. The van der Waals surface area contributed by atoms with Gasteiger partial charge in [-0.15, -0.1) is 0 Å². The molecular formula is C9H17N3O2S. The van der Waals surface area contributed by atoms with Crippen LogP contribution in [0.3, 0.4) is 0 Å². The number of hydrogen-bond donors (Lipinski definition) is 1. The molecule has 0 amide bonds. The monoisotopic (exact) mass is 231 g/mol. The molecule has 0 fully saturated rings. The Morgan fingerprint density at radius 3 is 2.73 bits per heavy atom. The number of rotatable bonds is 5. The summed E-state index contributed by atoms with van der Waals surface area (Å²) in [6.07, 6.45) is 0. The summed E-state index contributed by atoms with van der Waals surface area (Å²) in [7, 11) is -3.09. The topological polar surface area (TPSA) is 78.0 Å². The highest BCUT2D eigenvalue weighted by Gasteiger charge is 2.14. The van der Waals surface area contributed by atoms with Crippen molar-refractivity contribution in [3.05, 3.63) is 17.5 Å². The third kappa shape index (κ3) is 3.32. The van der Waals surface area contributed by atoms with Gasteiger partial charge in [0.05, 0.1) is 22.9 Å². The molecule has 0 spiro atoms. The van der Waals surface area contributed by atoms with Crippen LogP contribution in [0.2, 0.25) is 0 Å². The molecule has 0 aliphatic heterocycles. The Morgan fingerprint density at radius 2 is 2.20 bits per heavy atom. The first kappa shape index (κ1) is 12.2. The van der Waals surface area contributed by atoms with E-state index in [4.69, 9.17) is 5.73 Å². The molecule has 5 nitrogen and oxygen atoms in total. The second-order valence-corrected chi connectivity index (χ2v) is 5.66. The van der Waals surface area contributed by atoms with Gasteiger partial charge in [0.2, 0.25) is 0 Å². The average Bonchev–Trinajstić information content (AvgIpc) is 2.44. The van der Waals surface area contributed by atoms with E-state index in [-0.39, 0.29) is 18.1 Å². The molecule has 86 valence electrons. The van der Waals surface area contributed by atoms with Crippen LogP contribution in [0.4, 0.5) is 0 Å². The van der Waals surface area contributed by atoms with E-state index in [0.717, 1.165) is 11.4 Å². The summed E-state index contributed by atoms with van der Waals surface area (Å²) in [6, 6.07) is 1.80. The molecule has 1 aromatic rings. The van der Waals surface area contributed by atoms with Crippen molar-refractivity contribution in [1.82, 2.24) is 9.78 Å². The summed E-state index contributed by atoms with van der Waals surface area (Å²) >= 11 is 0. The van der Waals surface area contributed by atoms with E-state index in [2.05, 4.69) is 5.10 Å². The predicted octanol–water partition coefficient (Wildman–Crippen LogP) is 0.0849. The molecule has 0 radical (unpaired) electrons. The van der Waals surface area contributed by atoms with E-state index in [0.29, 0.717) is 6.54 Å². The number of aromatic nitrogens is 2. The van der Waals surface area contributed by atoms with Gasteiger partial charge < -0.3 is 5.73 Å². The van der Waals surface area contributed by atoms with Gasteiger partial charge in [-0.05, 0) is 19.9 Å². The van der Waals surface area contributed by atoms with Crippen LogP contribution < -0.4 is 5.73 Å². The highest BCUT2D eigenvalue weighted by atomic mass is 32.2. The summed E-state index contributed by atoms with van der Waals surface area (Å²) in [5, 5.41) is 4.19. The third-order valence-corrected chi connectivity index (χ3v) is 3.67. The molecule has 6 heteroatoms. The molecule has 0 saturated carbocycles. The Balaban J connectivity index is 2.88. The first-order chi connectivity index (χ1) is 6.98. The SMILES string of the molecule is CCn1nc(C)cc1CS(=O)(=O)CCN. The van der Waals surface area contributed by atoms with Crippen molar-refractivity contribution < 1.29 is 8.42 Å². The van der Waals surface area contributed by atoms with Crippen molar-refractivity contribution in [2.24, 2.45) is 5.73 Å². The van der Waals surface area contributed by atoms with Crippen molar-refractivity contribution in [1.29, 1.82) is 0 Å². The van der Waals surface area contributed by atoms with Crippen molar-refractivity contribution >= 4 is 9.84 Å². The molecule has 0 atom stereocenters. The fraction of sp³-hybridized carbons (Fsp3) is 0.667. The summed E-state index contributed by atoms with van der Waals surface area (Å²) < 4.78 is 24.8. The molecule has 1 aromatic heterocycles. The number of sulfone groups is 1. The van der Waals surface area contributed by atoms with E-state index in [1.165, 1.54) is 0 Å². The molecule has 0 aliphatic rings. The lowest BCUT2D eigenvalue weighted by Gasteiger charge is -2.04. The first-order valence-electron chi connectivity index (χ1n) is 4.92. The average molecular weight is 231 g/mol. The van der Waals surface area contributed by atoms with E-state index < -0.39 is 9.84 Å². The molecule has 1 rings (SSSR count). The van der Waals surface area contributed by atoms with Crippen LogP contribution in [0.15, 0.2) is 6.07 Å². The zero-order valence-electron chi connectivity index (χ0n) is 9.10. The van der Waals surface area contributed by atoms with Crippen LogP contribution in [-0.4, -0.2) is 30.5 Å². The van der Waals surface area contributed by atoms with Gasteiger partial charge in [0.15, 0.2) is 9.84 Å². The highest BCUT2D eigenvalue weighted by molar-refractivity contribution is 7.90. The zero-order valence-corrected chi connectivity index (χ0v) is 9.92. The molecule has 0 unspecified atom stereocenters. The molecule has 0 aliphatic carbocycles. The Kier molecular flexibility index (Phi) is 3.87. The molecule has 0 saturated heterocycles. The van der Waals surface area contributed by atoms with Crippen molar-refractivity contribution in [2.75, 3.05) is 12.3 Å². The Labute approximate surface area is 90.2 Å². The standard InChI is InChI=1S/C9H17N3O2S/c1-3-12-9(6-8(2)11-12)7-15(13,14)5-4-10/h6H,3-5,7,10H2,1-2H3. The van der Waals surface area contributed by atoms with Crippen LogP contribution >= 0.6 is 0 Å². The van der Waals surface area contributed by atoms with Crippen LogP contribution in [0, 0.1) is 6.92 Å². The highest BCUT2D eigenvalue weighted by Crippen LogP contribution is 2.08. The second-order valence-electron chi connectivity index (χ2n) is 3.47. The van der Waals surface area contributed by atoms with Gasteiger partial charge in [-0.1, -0.05) is 0 Å². The minimum absolute atomic E-state index is 0.0267. The number of nitrogens with two attached hydrogens (primary N) is 1. The lowest BCUT2D eigenvalue weighted by Crippen LogP contribution is -2.18. The minimum atomic E-state index is -3.09. The van der Waals surface area contributed by atoms with Crippen LogP contribution in [0.25, 0.3) is 0 Å². The van der Waals surface area contributed by atoms with Gasteiger partial charge >= 0.3 is 0 Å². The summed E-state index contributed by atoms with van der Waals surface area (Å²) in [6.45, 7) is 4.64. The van der Waals surface area contributed by atoms with Crippen LogP contribution in [-0.2, 0) is 22.1 Å². The van der Waals surface area contributed by atoms with Gasteiger partial charge in [0, 0.05) is 13.1 Å². The van der Waals surface area contributed by atoms with Crippen LogP contribution in [0.1, 0.15) is 18.3 Å². The normalized spacial score (nSPS) is 11.9. The fourth-order valence-corrected chi connectivity index (χ4v) is 2.65. The quantitative estimate of drug-likeness (QED) is 0.778. The lowest BCUT2D eigenvalue weighted by atomic mass is 10.4. The summed E-state index contributed by atoms with van der Waals surface area (Å²) in [5.74, 6) is 0.0554. The number of aryl methyl sites for hydroxylation is 2. The Morgan fingerprint density at radius 1 is 1.53 bits per heavy atom. The summed E-state index contributed by atoms with van der Waals surface area (Å²) in [5.41, 5.74) is 6.82. The molecule has 15 heavy (non-hydrogen) atoms. The molecule has 1 heterocycles. The van der Waals surface area contributed by atoms with Crippen LogP contribution in [0.5, 0.6) is 0 Å². The minimum Gasteiger partial charge on any atom is -0.329 e. The molecule has 0 aromatic carbocycles. The van der Waals surface area contributed by atoms with Crippen molar-refractivity contribution in [3.63, 3.8) is 0 Å². The first-order valence-corrected chi connectivity index (χ1v) is 6.74. The zero-order chi connectivity index (χ0) is 11.5. The van der Waals surface area contributed by atoms with Gasteiger partial charge in [-0.3, -0.25) is 4.68 Å². The van der Waals surface area contributed by atoms with E-state index in [1.54, 1.807) is 10.7 Å². The Bertz CT molecular complexity index is 423. The number of nitrogens with zero attached hydrogens (tertiary/aromatic N) is 2. The van der Waals surface area contributed by atoms with Crippen molar-refractivity contribution in [3.8, 4) is 0 Å². The lowest BCUT2D eigenvalue weighted by molar-refractivity contribution is 0.585. The van der Waals surface area contributed by atoms with Gasteiger partial charge in [0.25, 0.3) is 0 Å². The maximum absolute atomic E-state index is 11.6. The van der Waals surface area contributed by atoms with E-state index in [9.17, 15) is 8.42 Å².